The van der Waals surface area contributed by atoms with E-state index in [0.29, 0.717) is 17.9 Å². The van der Waals surface area contributed by atoms with Crippen LogP contribution in [0, 0.1) is 0 Å². The van der Waals surface area contributed by atoms with Crippen LogP contribution in [-0.4, -0.2) is 48.9 Å². The van der Waals surface area contributed by atoms with E-state index in [-0.39, 0.29) is 23.6 Å². The van der Waals surface area contributed by atoms with Gasteiger partial charge in [-0.2, -0.15) is 9.30 Å². The molecule has 0 aliphatic carbocycles. The standard InChI is InChI=1S/C24H29N3O5S2/c1-4-15-26(16-5-2)34(30,31)19-13-11-18(12-14-19)23(29)25-24-27(17-22(28)32-6-3)20-9-7-8-10-21(20)33-24/h7-14H,4-6,15-17H2,1-3H3. The van der Waals surface area contributed by atoms with Crippen LogP contribution in [0.5, 0.6) is 0 Å². The Balaban J connectivity index is 1.94. The maximum atomic E-state index is 13.0. The molecule has 2 aromatic carbocycles. The number of hydrogen-bond acceptors (Lipinski definition) is 6. The molecule has 0 N–H and O–H groups in total. The van der Waals surface area contributed by atoms with Crippen LogP contribution in [0.25, 0.3) is 10.2 Å². The van der Waals surface area contributed by atoms with Gasteiger partial charge in [-0.15, -0.1) is 0 Å². The lowest BCUT2D eigenvalue weighted by atomic mass is 10.2. The van der Waals surface area contributed by atoms with E-state index in [1.165, 1.54) is 39.9 Å². The molecule has 10 heteroatoms. The Kier molecular flexibility index (Phi) is 8.76. The normalized spacial score (nSPS) is 12.4. The number of sulfonamides is 1. The average molecular weight is 504 g/mol. The first kappa shape index (κ1) is 25.8. The molecule has 1 heterocycles. The third-order valence-electron chi connectivity index (χ3n) is 5.06. The lowest BCUT2D eigenvalue weighted by Gasteiger charge is -2.21. The maximum absolute atomic E-state index is 13.0. The quantitative estimate of drug-likeness (QED) is 0.392. The number of fused-ring (bicyclic) bond motifs is 1. The lowest BCUT2D eigenvalue weighted by Crippen LogP contribution is -2.32. The highest BCUT2D eigenvalue weighted by atomic mass is 32.2. The van der Waals surface area contributed by atoms with Crippen molar-refractivity contribution in [2.45, 2.75) is 45.1 Å². The number of ether oxygens (including phenoxy) is 1. The Morgan fingerprint density at radius 1 is 1.00 bits per heavy atom. The Bertz CT molecular complexity index is 1320. The van der Waals surface area contributed by atoms with E-state index in [2.05, 4.69) is 4.99 Å². The van der Waals surface area contributed by atoms with E-state index in [9.17, 15) is 18.0 Å². The number of benzene rings is 2. The number of carbonyl (C=O) groups is 2. The number of nitrogens with zero attached hydrogens (tertiary/aromatic N) is 3. The lowest BCUT2D eigenvalue weighted by molar-refractivity contribution is -0.143. The summed E-state index contributed by atoms with van der Waals surface area (Å²) >= 11 is 1.29. The van der Waals surface area contributed by atoms with E-state index in [4.69, 9.17) is 4.74 Å². The number of thiazole rings is 1. The van der Waals surface area contributed by atoms with Crippen LogP contribution < -0.4 is 4.80 Å². The van der Waals surface area contributed by atoms with Crippen LogP contribution in [0.15, 0.2) is 58.4 Å². The van der Waals surface area contributed by atoms with Crippen molar-refractivity contribution in [1.29, 1.82) is 0 Å². The average Bonchev–Trinajstić information content (AvgIpc) is 3.16. The summed E-state index contributed by atoms with van der Waals surface area (Å²) in [5, 5.41) is 0. The summed E-state index contributed by atoms with van der Waals surface area (Å²) in [5.41, 5.74) is 1.04. The number of para-hydroxylation sites is 1. The molecule has 0 saturated carbocycles. The fraction of sp³-hybridized carbons (Fsp3) is 0.375. The maximum Gasteiger partial charge on any atom is 0.326 e. The van der Waals surface area contributed by atoms with Crippen LogP contribution in [0.2, 0.25) is 0 Å². The summed E-state index contributed by atoms with van der Waals surface area (Å²) in [6, 6.07) is 13.3. The van der Waals surface area contributed by atoms with Crippen LogP contribution in [0.3, 0.4) is 0 Å². The van der Waals surface area contributed by atoms with Gasteiger partial charge in [0.05, 0.1) is 21.7 Å². The van der Waals surface area contributed by atoms with Crippen molar-refractivity contribution < 1.29 is 22.7 Å². The Labute approximate surface area is 203 Å². The first-order chi connectivity index (χ1) is 16.3. The van der Waals surface area contributed by atoms with Crippen molar-refractivity contribution in [3.8, 4) is 0 Å². The smallest absolute Gasteiger partial charge is 0.326 e. The summed E-state index contributed by atoms with van der Waals surface area (Å²) in [6.45, 7) is 6.68. The van der Waals surface area contributed by atoms with Gasteiger partial charge in [-0.1, -0.05) is 37.3 Å². The SMILES string of the molecule is CCCN(CCC)S(=O)(=O)c1ccc(C(=O)N=c2sc3ccccc3n2CC(=O)OCC)cc1. The third kappa shape index (κ3) is 5.81. The molecule has 0 fully saturated rings. The summed E-state index contributed by atoms with van der Waals surface area (Å²) in [5.74, 6) is -0.940. The first-order valence-electron chi connectivity index (χ1n) is 11.2. The molecule has 0 unspecified atom stereocenters. The Hall–Kier alpha value is -2.82. The van der Waals surface area contributed by atoms with Crippen molar-refractivity contribution in [1.82, 2.24) is 8.87 Å². The van der Waals surface area contributed by atoms with Gasteiger partial charge >= 0.3 is 5.97 Å². The van der Waals surface area contributed by atoms with Gasteiger partial charge in [-0.25, -0.2) is 8.42 Å². The highest BCUT2D eigenvalue weighted by molar-refractivity contribution is 7.89. The molecule has 0 saturated heterocycles. The molecule has 0 bridgehead atoms. The van der Waals surface area contributed by atoms with Gasteiger partial charge in [0, 0.05) is 18.7 Å². The minimum atomic E-state index is -3.63. The molecule has 182 valence electrons. The fourth-order valence-corrected chi connectivity index (χ4v) is 6.17. The van der Waals surface area contributed by atoms with Gasteiger partial charge in [-0.3, -0.25) is 9.59 Å². The number of hydrogen-bond donors (Lipinski definition) is 0. The zero-order chi connectivity index (χ0) is 24.7. The van der Waals surface area contributed by atoms with E-state index in [1.54, 1.807) is 11.5 Å². The third-order valence-corrected chi connectivity index (χ3v) is 8.04. The second-order valence-electron chi connectivity index (χ2n) is 7.59. The molecule has 0 aliphatic heterocycles. The monoisotopic (exact) mass is 503 g/mol. The van der Waals surface area contributed by atoms with E-state index < -0.39 is 21.9 Å². The Morgan fingerprint density at radius 2 is 1.65 bits per heavy atom. The van der Waals surface area contributed by atoms with E-state index in [0.717, 1.165) is 23.1 Å². The molecule has 34 heavy (non-hydrogen) atoms. The fourth-order valence-electron chi connectivity index (χ4n) is 3.52. The van der Waals surface area contributed by atoms with Crippen LogP contribution in [0.1, 0.15) is 44.0 Å². The molecule has 0 radical (unpaired) electrons. The van der Waals surface area contributed by atoms with E-state index >= 15 is 0 Å². The van der Waals surface area contributed by atoms with Gasteiger partial charge < -0.3 is 9.30 Å². The van der Waals surface area contributed by atoms with Gasteiger partial charge in [-0.05, 0) is 56.2 Å². The second-order valence-corrected chi connectivity index (χ2v) is 10.5. The first-order valence-corrected chi connectivity index (χ1v) is 13.5. The van der Waals surface area contributed by atoms with Gasteiger partial charge in [0.2, 0.25) is 10.0 Å². The number of rotatable bonds is 10. The largest absolute Gasteiger partial charge is 0.465 e. The molecule has 3 rings (SSSR count). The molecule has 1 amide bonds. The minimum Gasteiger partial charge on any atom is -0.465 e. The molecule has 0 atom stereocenters. The van der Waals surface area contributed by atoms with E-state index in [1.807, 2.05) is 38.1 Å². The van der Waals surface area contributed by atoms with Crippen molar-refractivity contribution in [3.05, 3.63) is 58.9 Å². The number of amides is 1. The highest BCUT2D eigenvalue weighted by Crippen LogP contribution is 2.19. The van der Waals surface area contributed by atoms with Gasteiger partial charge in [0.1, 0.15) is 6.54 Å². The predicted octanol–water partition coefficient (Wildman–Crippen LogP) is 3.82. The summed E-state index contributed by atoms with van der Waals surface area (Å²) in [6.07, 6.45) is 1.44. The molecule has 3 aromatic rings. The predicted molar refractivity (Wildman–Crippen MR) is 132 cm³/mol. The molecular weight excluding hydrogens is 474 g/mol. The zero-order valence-corrected chi connectivity index (χ0v) is 21.2. The summed E-state index contributed by atoms with van der Waals surface area (Å²) in [4.78, 5) is 29.8. The molecular formula is C24H29N3O5S2. The topological polar surface area (TPSA) is 98.0 Å². The van der Waals surface area contributed by atoms with Gasteiger partial charge in [0.25, 0.3) is 5.91 Å². The summed E-state index contributed by atoms with van der Waals surface area (Å²) < 4.78 is 35.0. The highest BCUT2D eigenvalue weighted by Gasteiger charge is 2.23. The zero-order valence-electron chi connectivity index (χ0n) is 19.6. The van der Waals surface area contributed by atoms with Crippen molar-refractivity contribution >= 4 is 43.5 Å². The Morgan fingerprint density at radius 3 is 2.26 bits per heavy atom. The molecule has 8 nitrogen and oxygen atoms in total. The van der Waals surface area contributed by atoms with Crippen molar-refractivity contribution in [2.24, 2.45) is 4.99 Å². The van der Waals surface area contributed by atoms with Crippen molar-refractivity contribution in [2.75, 3.05) is 19.7 Å². The molecule has 0 spiro atoms. The molecule has 1 aromatic heterocycles. The number of aromatic nitrogens is 1. The second kappa shape index (κ2) is 11.5. The van der Waals surface area contributed by atoms with Gasteiger partial charge in [0.15, 0.2) is 4.80 Å². The number of esters is 1. The van der Waals surface area contributed by atoms with Crippen molar-refractivity contribution in [3.63, 3.8) is 0 Å². The van der Waals surface area contributed by atoms with Crippen LogP contribution >= 0.6 is 11.3 Å². The molecule has 0 aliphatic rings. The van der Waals surface area contributed by atoms with Crippen LogP contribution in [0.4, 0.5) is 0 Å². The summed E-state index contributed by atoms with van der Waals surface area (Å²) in [7, 11) is -3.63. The number of carbonyl (C=O) groups excluding carboxylic acids is 2. The van der Waals surface area contributed by atoms with Crippen LogP contribution in [-0.2, 0) is 26.1 Å². The minimum absolute atomic E-state index is 0.0637.